The highest BCUT2D eigenvalue weighted by molar-refractivity contribution is 6.32. The van der Waals surface area contributed by atoms with Gasteiger partial charge in [0.15, 0.2) is 5.82 Å². The molecule has 1 amide bonds. The molecule has 0 bridgehead atoms. The highest BCUT2D eigenvalue weighted by Gasteiger charge is 2.12. The third-order valence-corrected chi connectivity index (χ3v) is 4.78. The summed E-state index contributed by atoms with van der Waals surface area (Å²) in [5.41, 5.74) is 2.17. The van der Waals surface area contributed by atoms with E-state index in [0.717, 1.165) is 11.0 Å². The molecule has 4 aromatic rings. The molecule has 1 aromatic carbocycles. The van der Waals surface area contributed by atoms with Crippen molar-refractivity contribution in [1.29, 1.82) is 0 Å². The molecule has 9 nitrogen and oxygen atoms in total. The fourth-order valence-corrected chi connectivity index (χ4v) is 3.35. The van der Waals surface area contributed by atoms with E-state index >= 15 is 0 Å². The monoisotopic (exact) mass is 458 g/mol. The number of hydrogen-bond donors (Lipinski definition) is 3. The lowest BCUT2D eigenvalue weighted by atomic mass is 10.3. The number of halogens is 2. The van der Waals surface area contributed by atoms with E-state index < -0.39 is 6.09 Å². The highest BCUT2D eigenvalue weighted by Crippen LogP contribution is 2.33. The van der Waals surface area contributed by atoms with Gasteiger partial charge in [0.2, 0.25) is 0 Å². The largest absolute Gasteiger partial charge is 0.465 e. The fraction of sp³-hybridized carbons (Fsp3) is 0.100. The van der Waals surface area contributed by atoms with Gasteiger partial charge in [0, 0.05) is 37.2 Å². The van der Waals surface area contributed by atoms with Crippen LogP contribution in [0.5, 0.6) is 11.5 Å². The first-order valence-corrected chi connectivity index (χ1v) is 9.87. The summed E-state index contributed by atoms with van der Waals surface area (Å²) < 4.78 is 7.62. The maximum atomic E-state index is 10.7. The van der Waals surface area contributed by atoms with Crippen LogP contribution in [0.15, 0.2) is 55.2 Å². The standard InChI is InChI=1S/C20H16Cl2N6O3/c21-12-7-14(10-23-9-12)31-17-2-1-13(8-15(17)22)27-19-18-16(25-11-26-19)3-5-28(18)6-4-24-20(29)30/h1-3,5,7-11,24H,4,6H2,(H,29,30)(H,25,26,27). The smallest absolute Gasteiger partial charge is 0.404 e. The van der Waals surface area contributed by atoms with Gasteiger partial charge in [-0.3, -0.25) is 4.98 Å². The lowest BCUT2D eigenvalue weighted by molar-refractivity contribution is 0.194. The molecular formula is C20H16Cl2N6O3. The van der Waals surface area contributed by atoms with Crippen molar-refractivity contribution in [1.82, 2.24) is 24.8 Å². The van der Waals surface area contributed by atoms with E-state index in [4.69, 9.17) is 33.0 Å². The van der Waals surface area contributed by atoms with Crippen LogP contribution < -0.4 is 15.4 Å². The summed E-state index contributed by atoms with van der Waals surface area (Å²) in [5.74, 6) is 1.49. The summed E-state index contributed by atoms with van der Waals surface area (Å²) in [7, 11) is 0. The number of nitrogens with one attached hydrogen (secondary N) is 2. The van der Waals surface area contributed by atoms with Crippen LogP contribution in [-0.4, -0.2) is 37.3 Å². The van der Waals surface area contributed by atoms with Crippen molar-refractivity contribution in [3.63, 3.8) is 0 Å². The number of nitrogens with zero attached hydrogens (tertiary/aromatic N) is 4. The number of aromatic nitrogens is 4. The number of pyridine rings is 1. The van der Waals surface area contributed by atoms with E-state index in [1.807, 2.05) is 16.8 Å². The molecule has 0 aliphatic carbocycles. The minimum absolute atomic E-state index is 0.254. The predicted octanol–water partition coefficient (Wildman–Crippen LogP) is 4.94. The molecule has 11 heteroatoms. The van der Waals surface area contributed by atoms with Crippen LogP contribution in [0.1, 0.15) is 0 Å². The van der Waals surface area contributed by atoms with Crippen LogP contribution in [0.25, 0.3) is 11.0 Å². The summed E-state index contributed by atoms with van der Waals surface area (Å²) in [6, 6.07) is 8.71. The van der Waals surface area contributed by atoms with Crippen molar-refractivity contribution in [2.24, 2.45) is 0 Å². The zero-order valence-electron chi connectivity index (χ0n) is 15.9. The number of fused-ring (bicyclic) bond motifs is 1. The number of ether oxygens (including phenoxy) is 1. The first kappa shape index (κ1) is 20.7. The molecule has 3 N–H and O–H groups in total. The molecule has 0 unspecified atom stereocenters. The van der Waals surface area contributed by atoms with Gasteiger partial charge >= 0.3 is 6.09 Å². The number of benzene rings is 1. The van der Waals surface area contributed by atoms with Gasteiger partial charge in [-0.15, -0.1) is 0 Å². The molecule has 0 fully saturated rings. The second-order valence-corrected chi connectivity index (χ2v) is 7.25. The van der Waals surface area contributed by atoms with Gasteiger partial charge in [0.25, 0.3) is 0 Å². The lowest BCUT2D eigenvalue weighted by Gasteiger charge is -2.12. The van der Waals surface area contributed by atoms with Crippen molar-refractivity contribution in [3.8, 4) is 11.5 Å². The molecule has 0 radical (unpaired) electrons. The predicted molar refractivity (Wildman–Crippen MR) is 118 cm³/mol. The van der Waals surface area contributed by atoms with Crippen LogP contribution in [0.2, 0.25) is 10.0 Å². The summed E-state index contributed by atoms with van der Waals surface area (Å²) in [4.78, 5) is 23.3. The number of anilines is 2. The van der Waals surface area contributed by atoms with Crippen LogP contribution >= 0.6 is 23.2 Å². The Labute approximate surface area is 186 Å². The van der Waals surface area contributed by atoms with Gasteiger partial charge in [-0.05, 0) is 24.3 Å². The number of rotatable bonds is 7. The van der Waals surface area contributed by atoms with E-state index in [-0.39, 0.29) is 6.54 Å². The minimum Gasteiger partial charge on any atom is -0.465 e. The Kier molecular flexibility index (Phi) is 6.06. The van der Waals surface area contributed by atoms with Gasteiger partial charge in [0.1, 0.15) is 23.3 Å². The second kappa shape index (κ2) is 9.07. The summed E-state index contributed by atoms with van der Waals surface area (Å²) in [5, 5.41) is 15.2. The maximum Gasteiger partial charge on any atom is 0.404 e. The highest BCUT2D eigenvalue weighted by atomic mass is 35.5. The topological polar surface area (TPSA) is 114 Å². The van der Waals surface area contributed by atoms with Gasteiger partial charge in [0.05, 0.1) is 21.8 Å². The first-order chi connectivity index (χ1) is 15.0. The molecular weight excluding hydrogens is 443 g/mol. The number of carboxylic acid groups (broad SMARTS) is 1. The second-order valence-electron chi connectivity index (χ2n) is 6.41. The molecule has 0 saturated heterocycles. The lowest BCUT2D eigenvalue weighted by Crippen LogP contribution is -2.25. The van der Waals surface area contributed by atoms with Crippen molar-refractivity contribution in [2.75, 3.05) is 11.9 Å². The third kappa shape index (κ3) is 4.96. The van der Waals surface area contributed by atoms with E-state index in [1.54, 1.807) is 30.5 Å². The van der Waals surface area contributed by atoms with Crippen molar-refractivity contribution < 1.29 is 14.6 Å². The third-order valence-electron chi connectivity index (χ3n) is 4.28. The number of hydrogen-bond acceptors (Lipinski definition) is 6. The van der Waals surface area contributed by atoms with Crippen LogP contribution in [0.3, 0.4) is 0 Å². The van der Waals surface area contributed by atoms with Gasteiger partial charge < -0.3 is 25.0 Å². The molecule has 3 aromatic heterocycles. The summed E-state index contributed by atoms with van der Waals surface area (Å²) in [6.45, 7) is 0.683. The fourth-order valence-electron chi connectivity index (χ4n) is 2.97. The van der Waals surface area contributed by atoms with Crippen molar-refractivity contribution in [2.45, 2.75) is 6.54 Å². The normalized spacial score (nSPS) is 10.8. The quantitative estimate of drug-likeness (QED) is 0.359. The van der Waals surface area contributed by atoms with Gasteiger partial charge in [-0.2, -0.15) is 0 Å². The number of carbonyl (C=O) groups is 1. The SMILES string of the molecule is O=C(O)NCCn1ccc2ncnc(Nc3ccc(Oc4cncc(Cl)c4)c(Cl)c3)c21. The van der Waals surface area contributed by atoms with Gasteiger partial charge in [-0.25, -0.2) is 14.8 Å². The average molecular weight is 459 g/mol. The van der Waals surface area contributed by atoms with Gasteiger partial charge in [-0.1, -0.05) is 23.2 Å². The molecule has 158 valence electrons. The molecule has 31 heavy (non-hydrogen) atoms. The maximum absolute atomic E-state index is 10.7. The Morgan fingerprint density at radius 1 is 1.16 bits per heavy atom. The summed E-state index contributed by atoms with van der Waals surface area (Å²) in [6.07, 6.45) is 5.27. The van der Waals surface area contributed by atoms with Crippen LogP contribution in [0.4, 0.5) is 16.3 Å². The van der Waals surface area contributed by atoms with Crippen molar-refractivity contribution >= 4 is 51.8 Å². The Morgan fingerprint density at radius 2 is 2.03 bits per heavy atom. The summed E-state index contributed by atoms with van der Waals surface area (Å²) >= 11 is 12.3. The Morgan fingerprint density at radius 3 is 2.81 bits per heavy atom. The van der Waals surface area contributed by atoms with E-state index in [1.165, 1.54) is 12.5 Å². The molecule has 4 rings (SSSR count). The molecule has 0 atom stereocenters. The minimum atomic E-state index is -1.07. The first-order valence-electron chi connectivity index (χ1n) is 9.11. The Balaban J connectivity index is 1.55. The number of amides is 1. The zero-order chi connectivity index (χ0) is 21.8. The van der Waals surface area contributed by atoms with E-state index in [2.05, 4.69) is 25.6 Å². The molecule has 0 aliphatic rings. The van der Waals surface area contributed by atoms with Crippen LogP contribution in [0, 0.1) is 0 Å². The molecule has 0 saturated carbocycles. The molecule has 3 heterocycles. The molecule has 0 spiro atoms. The molecule has 0 aliphatic heterocycles. The van der Waals surface area contributed by atoms with E-state index in [9.17, 15) is 4.79 Å². The van der Waals surface area contributed by atoms with E-state index in [0.29, 0.717) is 39.6 Å². The van der Waals surface area contributed by atoms with Crippen LogP contribution in [-0.2, 0) is 6.54 Å². The Bertz CT molecular complexity index is 1250. The zero-order valence-corrected chi connectivity index (χ0v) is 17.4. The Hall–Kier alpha value is -3.56. The van der Waals surface area contributed by atoms with Crippen molar-refractivity contribution in [3.05, 3.63) is 65.3 Å². The average Bonchev–Trinajstić information content (AvgIpc) is 3.14.